The summed E-state index contributed by atoms with van der Waals surface area (Å²) in [6.45, 7) is 2.11. The Morgan fingerprint density at radius 3 is 2.81 bits per heavy atom. The standard InChI is InChI=1S/C13H12N4O4/c1-8-14-5-4-10(16-8)7-15-9-2-3-11(13(18)19)12(6-9)17(20)21/h2-6,15H,7H2,1H3,(H,18,19). The maximum atomic E-state index is 10.9. The van der Waals surface area contributed by atoms with E-state index >= 15 is 0 Å². The minimum atomic E-state index is -1.33. The third kappa shape index (κ3) is 3.50. The van der Waals surface area contributed by atoms with Gasteiger partial charge < -0.3 is 10.4 Å². The van der Waals surface area contributed by atoms with Crippen LogP contribution in [0.3, 0.4) is 0 Å². The van der Waals surface area contributed by atoms with Crippen molar-refractivity contribution in [2.75, 3.05) is 5.32 Å². The molecule has 0 aliphatic carbocycles. The molecule has 0 atom stereocenters. The summed E-state index contributed by atoms with van der Waals surface area (Å²) in [6, 6.07) is 5.59. The van der Waals surface area contributed by atoms with Gasteiger partial charge in [0.25, 0.3) is 5.69 Å². The summed E-state index contributed by atoms with van der Waals surface area (Å²) in [4.78, 5) is 29.2. The topological polar surface area (TPSA) is 118 Å². The van der Waals surface area contributed by atoms with Crippen LogP contribution < -0.4 is 5.32 Å². The average Bonchev–Trinajstić information content (AvgIpc) is 2.44. The van der Waals surface area contributed by atoms with Crippen molar-refractivity contribution in [1.29, 1.82) is 0 Å². The first-order valence-corrected chi connectivity index (χ1v) is 6.01. The second-order valence-electron chi connectivity index (χ2n) is 4.24. The molecule has 1 aromatic carbocycles. The van der Waals surface area contributed by atoms with E-state index in [2.05, 4.69) is 15.3 Å². The second-order valence-corrected chi connectivity index (χ2v) is 4.24. The molecule has 0 bridgehead atoms. The predicted molar refractivity (Wildman–Crippen MR) is 74.2 cm³/mol. The molecule has 0 unspecified atom stereocenters. The molecular weight excluding hydrogens is 276 g/mol. The Labute approximate surface area is 119 Å². The molecule has 108 valence electrons. The average molecular weight is 288 g/mol. The predicted octanol–water partition coefficient (Wildman–Crippen LogP) is 2.00. The van der Waals surface area contributed by atoms with Gasteiger partial charge in [-0.2, -0.15) is 0 Å². The van der Waals surface area contributed by atoms with Gasteiger partial charge in [-0.15, -0.1) is 0 Å². The highest BCUT2D eigenvalue weighted by Gasteiger charge is 2.19. The number of nitrogens with zero attached hydrogens (tertiary/aromatic N) is 3. The summed E-state index contributed by atoms with van der Waals surface area (Å²) in [5, 5.41) is 22.8. The van der Waals surface area contributed by atoms with Gasteiger partial charge in [-0.3, -0.25) is 10.1 Å². The molecule has 8 nitrogen and oxygen atoms in total. The van der Waals surface area contributed by atoms with E-state index in [4.69, 9.17) is 5.11 Å². The molecule has 2 N–H and O–H groups in total. The lowest BCUT2D eigenvalue weighted by Crippen LogP contribution is -2.06. The smallest absolute Gasteiger partial charge is 0.342 e. The number of hydrogen-bond acceptors (Lipinski definition) is 6. The van der Waals surface area contributed by atoms with E-state index in [1.807, 2.05) is 0 Å². The molecule has 0 aliphatic heterocycles. The molecule has 0 fully saturated rings. The zero-order valence-electron chi connectivity index (χ0n) is 11.1. The second kappa shape index (κ2) is 5.95. The van der Waals surface area contributed by atoms with E-state index in [0.717, 1.165) is 5.69 Å². The number of anilines is 1. The quantitative estimate of drug-likeness (QED) is 0.638. The number of aromatic nitrogens is 2. The molecule has 0 spiro atoms. The highest BCUT2D eigenvalue weighted by Crippen LogP contribution is 2.23. The van der Waals surface area contributed by atoms with Crippen molar-refractivity contribution in [1.82, 2.24) is 9.97 Å². The van der Waals surface area contributed by atoms with Crippen LogP contribution in [0.2, 0.25) is 0 Å². The number of aryl methyl sites for hydroxylation is 1. The number of rotatable bonds is 5. The number of nitrogens with one attached hydrogen (secondary N) is 1. The number of aromatic carboxylic acids is 1. The Bertz CT molecular complexity index is 702. The zero-order valence-corrected chi connectivity index (χ0v) is 11.1. The van der Waals surface area contributed by atoms with E-state index in [1.54, 1.807) is 19.2 Å². The molecule has 1 aromatic heterocycles. The van der Waals surface area contributed by atoms with Crippen LogP contribution in [-0.2, 0) is 6.54 Å². The van der Waals surface area contributed by atoms with Crippen molar-refractivity contribution >= 4 is 17.3 Å². The lowest BCUT2D eigenvalue weighted by Gasteiger charge is -2.07. The lowest BCUT2D eigenvalue weighted by atomic mass is 10.1. The third-order valence-electron chi connectivity index (χ3n) is 2.73. The number of hydrogen-bond donors (Lipinski definition) is 2. The fraction of sp³-hybridized carbons (Fsp3) is 0.154. The molecule has 21 heavy (non-hydrogen) atoms. The Hall–Kier alpha value is -3.03. The van der Waals surface area contributed by atoms with Crippen LogP contribution in [0.25, 0.3) is 0 Å². The van der Waals surface area contributed by atoms with Gasteiger partial charge in [0, 0.05) is 18.0 Å². The van der Waals surface area contributed by atoms with Crippen molar-refractivity contribution in [2.45, 2.75) is 13.5 Å². The first-order valence-electron chi connectivity index (χ1n) is 6.01. The Kier molecular flexibility index (Phi) is 4.07. The first-order chi connectivity index (χ1) is 9.97. The van der Waals surface area contributed by atoms with Gasteiger partial charge in [0.2, 0.25) is 0 Å². The molecule has 2 rings (SSSR count). The highest BCUT2D eigenvalue weighted by molar-refractivity contribution is 5.93. The largest absolute Gasteiger partial charge is 0.477 e. The van der Waals surface area contributed by atoms with E-state index in [-0.39, 0.29) is 5.56 Å². The van der Waals surface area contributed by atoms with E-state index < -0.39 is 16.6 Å². The fourth-order valence-corrected chi connectivity index (χ4v) is 1.77. The summed E-state index contributed by atoms with van der Waals surface area (Å²) in [5.41, 5.74) is 0.380. The fourth-order valence-electron chi connectivity index (χ4n) is 1.77. The van der Waals surface area contributed by atoms with E-state index in [9.17, 15) is 14.9 Å². The van der Waals surface area contributed by atoms with Crippen LogP contribution in [-0.4, -0.2) is 26.0 Å². The van der Waals surface area contributed by atoms with E-state index in [1.165, 1.54) is 18.2 Å². The number of carboxylic acid groups (broad SMARTS) is 1. The van der Waals surface area contributed by atoms with Crippen LogP contribution in [0.5, 0.6) is 0 Å². The number of carbonyl (C=O) groups is 1. The van der Waals surface area contributed by atoms with Crippen molar-refractivity contribution in [3.63, 3.8) is 0 Å². The summed E-state index contributed by atoms with van der Waals surface area (Å²) < 4.78 is 0. The van der Waals surface area contributed by atoms with Gasteiger partial charge in [0.05, 0.1) is 17.2 Å². The van der Waals surface area contributed by atoms with Gasteiger partial charge in [-0.05, 0) is 25.1 Å². The Morgan fingerprint density at radius 2 is 2.19 bits per heavy atom. The summed E-state index contributed by atoms with van der Waals surface area (Å²) in [6.07, 6.45) is 1.62. The van der Waals surface area contributed by atoms with Crippen LogP contribution in [0.1, 0.15) is 21.9 Å². The maximum absolute atomic E-state index is 10.9. The molecular formula is C13H12N4O4. The minimum absolute atomic E-state index is 0.344. The van der Waals surface area contributed by atoms with E-state index in [0.29, 0.717) is 18.1 Å². The normalized spacial score (nSPS) is 10.1. The first kappa shape index (κ1) is 14.4. The maximum Gasteiger partial charge on any atom is 0.342 e. The molecule has 0 saturated carbocycles. The molecule has 0 amide bonds. The van der Waals surface area contributed by atoms with Crippen LogP contribution in [0.4, 0.5) is 11.4 Å². The van der Waals surface area contributed by atoms with Gasteiger partial charge in [-0.25, -0.2) is 14.8 Å². The molecule has 2 aromatic rings. The van der Waals surface area contributed by atoms with Gasteiger partial charge >= 0.3 is 5.97 Å². The zero-order chi connectivity index (χ0) is 15.4. The summed E-state index contributed by atoms with van der Waals surface area (Å²) in [5.74, 6) is -0.707. The van der Waals surface area contributed by atoms with Crippen LogP contribution >= 0.6 is 0 Å². The summed E-state index contributed by atoms with van der Waals surface area (Å²) >= 11 is 0. The van der Waals surface area contributed by atoms with Crippen LogP contribution in [0.15, 0.2) is 30.5 Å². The number of benzene rings is 1. The molecule has 0 radical (unpaired) electrons. The molecule has 0 aliphatic rings. The monoisotopic (exact) mass is 288 g/mol. The molecule has 1 heterocycles. The highest BCUT2D eigenvalue weighted by atomic mass is 16.6. The Balaban J connectivity index is 2.19. The van der Waals surface area contributed by atoms with Gasteiger partial charge in [0.15, 0.2) is 0 Å². The molecule has 0 saturated heterocycles. The SMILES string of the molecule is Cc1nccc(CNc2ccc(C(=O)O)c([N+](=O)[O-])c2)n1. The lowest BCUT2D eigenvalue weighted by molar-refractivity contribution is -0.385. The van der Waals surface area contributed by atoms with Crippen molar-refractivity contribution in [3.05, 3.63) is 57.7 Å². The van der Waals surface area contributed by atoms with Crippen molar-refractivity contribution < 1.29 is 14.8 Å². The molecule has 8 heteroatoms. The number of nitro groups is 1. The minimum Gasteiger partial charge on any atom is -0.477 e. The summed E-state index contributed by atoms with van der Waals surface area (Å²) in [7, 11) is 0. The van der Waals surface area contributed by atoms with Crippen molar-refractivity contribution in [3.8, 4) is 0 Å². The van der Waals surface area contributed by atoms with Gasteiger partial charge in [0.1, 0.15) is 11.4 Å². The van der Waals surface area contributed by atoms with Crippen molar-refractivity contribution in [2.24, 2.45) is 0 Å². The third-order valence-corrected chi connectivity index (χ3v) is 2.73. The number of nitro benzene ring substituents is 1. The number of carboxylic acids is 1. The van der Waals surface area contributed by atoms with Gasteiger partial charge in [-0.1, -0.05) is 0 Å². The Morgan fingerprint density at radius 1 is 1.43 bits per heavy atom. The van der Waals surface area contributed by atoms with Crippen LogP contribution in [0, 0.1) is 17.0 Å².